The molecule has 2 aromatic rings. The molecule has 4 bridgehead atoms. The number of piperidine rings is 1. The molecule has 182 valence electrons. The summed E-state index contributed by atoms with van der Waals surface area (Å²) in [6.07, 6.45) is 9.22. The van der Waals surface area contributed by atoms with Gasteiger partial charge in [-0.05, 0) is 98.1 Å². The Balaban J connectivity index is 1.04. The Morgan fingerprint density at radius 3 is 2.11 bits per heavy atom. The van der Waals surface area contributed by atoms with Crippen LogP contribution in [0.1, 0.15) is 78.8 Å². The van der Waals surface area contributed by atoms with E-state index in [4.69, 9.17) is 0 Å². The van der Waals surface area contributed by atoms with Crippen molar-refractivity contribution in [2.75, 3.05) is 5.32 Å². The molecular formula is C29H33N3O3. The maximum Gasteiger partial charge on any atom is 0.255 e. The number of anilines is 1. The van der Waals surface area contributed by atoms with Gasteiger partial charge in [-0.25, -0.2) is 0 Å². The molecule has 3 amide bonds. The molecule has 4 aliphatic carbocycles. The van der Waals surface area contributed by atoms with Crippen molar-refractivity contribution >= 4 is 23.4 Å². The minimum absolute atomic E-state index is 0.153. The fourth-order valence-corrected chi connectivity index (χ4v) is 7.40. The van der Waals surface area contributed by atoms with Crippen molar-refractivity contribution < 1.29 is 14.4 Å². The molecule has 2 aromatic carbocycles. The van der Waals surface area contributed by atoms with Crippen LogP contribution >= 0.6 is 0 Å². The van der Waals surface area contributed by atoms with Crippen molar-refractivity contribution in [1.29, 1.82) is 0 Å². The predicted molar refractivity (Wildman–Crippen MR) is 134 cm³/mol. The Bertz CT molecular complexity index is 1100. The lowest BCUT2D eigenvalue weighted by molar-refractivity contribution is -0.134. The number of benzene rings is 2. The van der Waals surface area contributed by atoms with Gasteiger partial charge in [0.15, 0.2) is 0 Å². The maximum atomic E-state index is 12.8. The number of rotatable bonds is 6. The second-order valence-electron chi connectivity index (χ2n) is 11.3. The summed E-state index contributed by atoms with van der Waals surface area (Å²) in [7, 11) is 0. The van der Waals surface area contributed by atoms with Crippen LogP contribution in [-0.2, 0) is 16.1 Å². The molecule has 35 heavy (non-hydrogen) atoms. The van der Waals surface area contributed by atoms with Crippen molar-refractivity contribution in [1.82, 2.24) is 10.6 Å². The van der Waals surface area contributed by atoms with E-state index < -0.39 is 0 Å². The van der Waals surface area contributed by atoms with E-state index in [9.17, 15) is 14.4 Å². The second-order valence-corrected chi connectivity index (χ2v) is 11.3. The standard InChI is InChI=1S/C29H33N3O3/c33-26-10-9-25(28(35)32-26)22-5-7-24(8-6-22)31-27(34)23-3-1-18(2-4-23)17-30-29-14-19-11-20(15-29)13-21(12-19)16-29/h1-8,19-21,25,30H,9-17H2,(H,31,34)(H,32,33,35). The lowest BCUT2D eigenvalue weighted by Gasteiger charge is -2.57. The fraction of sp³-hybridized carbons (Fsp3) is 0.483. The highest BCUT2D eigenvalue weighted by Gasteiger charge is 2.50. The largest absolute Gasteiger partial charge is 0.322 e. The first-order valence-corrected chi connectivity index (χ1v) is 13.0. The third kappa shape index (κ3) is 4.64. The summed E-state index contributed by atoms with van der Waals surface area (Å²) in [5.41, 5.74) is 3.70. The summed E-state index contributed by atoms with van der Waals surface area (Å²) in [4.78, 5) is 36.2. The predicted octanol–water partition coefficient (Wildman–Crippen LogP) is 4.52. The van der Waals surface area contributed by atoms with Crippen LogP contribution in [0, 0.1) is 17.8 Å². The second kappa shape index (κ2) is 8.90. The van der Waals surface area contributed by atoms with E-state index in [1.54, 1.807) is 12.1 Å². The zero-order valence-corrected chi connectivity index (χ0v) is 20.0. The smallest absolute Gasteiger partial charge is 0.255 e. The van der Waals surface area contributed by atoms with E-state index in [-0.39, 0.29) is 23.6 Å². The third-order valence-corrected chi connectivity index (χ3v) is 8.73. The molecule has 0 aromatic heterocycles. The SMILES string of the molecule is O=C1CCC(c2ccc(NC(=O)c3ccc(CNC45CC6CC(CC(C6)C4)C5)cc3)cc2)C(=O)N1. The van der Waals surface area contributed by atoms with Crippen LogP contribution in [0.5, 0.6) is 0 Å². The number of carbonyl (C=O) groups excluding carboxylic acids is 3. The summed E-state index contributed by atoms with van der Waals surface area (Å²) in [6, 6.07) is 15.2. The lowest BCUT2D eigenvalue weighted by atomic mass is 9.53. The highest BCUT2D eigenvalue weighted by Crippen LogP contribution is 2.55. The van der Waals surface area contributed by atoms with Crippen LogP contribution in [0.25, 0.3) is 0 Å². The minimum atomic E-state index is -0.322. The van der Waals surface area contributed by atoms with Crippen LogP contribution in [0.4, 0.5) is 5.69 Å². The summed E-state index contributed by atoms with van der Waals surface area (Å²) < 4.78 is 0. The highest BCUT2D eigenvalue weighted by molar-refractivity contribution is 6.04. The van der Waals surface area contributed by atoms with Gasteiger partial charge in [0, 0.05) is 29.8 Å². The van der Waals surface area contributed by atoms with Crippen molar-refractivity contribution in [3.05, 3.63) is 65.2 Å². The van der Waals surface area contributed by atoms with E-state index in [2.05, 4.69) is 28.1 Å². The fourth-order valence-electron chi connectivity index (χ4n) is 7.40. The number of hydrogen-bond donors (Lipinski definition) is 3. The van der Waals surface area contributed by atoms with Crippen molar-refractivity contribution in [3.8, 4) is 0 Å². The van der Waals surface area contributed by atoms with Crippen LogP contribution in [0.15, 0.2) is 48.5 Å². The molecule has 3 N–H and O–H groups in total. The van der Waals surface area contributed by atoms with Gasteiger partial charge >= 0.3 is 0 Å². The molecule has 0 spiro atoms. The molecule has 7 rings (SSSR count). The molecule has 6 heteroatoms. The average Bonchev–Trinajstić information content (AvgIpc) is 2.83. The lowest BCUT2D eigenvalue weighted by Crippen LogP contribution is -2.58. The van der Waals surface area contributed by atoms with Gasteiger partial charge in [0.05, 0.1) is 5.92 Å². The van der Waals surface area contributed by atoms with E-state index in [1.165, 1.54) is 44.1 Å². The normalized spacial score (nSPS) is 31.3. The van der Waals surface area contributed by atoms with Gasteiger partial charge < -0.3 is 10.6 Å². The van der Waals surface area contributed by atoms with Gasteiger partial charge in [-0.3, -0.25) is 19.7 Å². The molecule has 5 aliphatic rings. The average molecular weight is 472 g/mol. The van der Waals surface area contributed by atoms with E-state index in [1.807, 2.05) is 24.3 Å². The zero-order chi connectivity index (χ0) is 24.0. The molecule has 1 heterocycles. The van der Waals surface area contributed by atoms with E-state index in [0.29, 0.717) is 29.6 Å². The van der Waals surface area contributed by atoms with Gasteiger partial charge in [-0.2, -0.15) is 0 Å². The van der Waals surface area contributed by atoms with Gasteiger partial charge in [0.25, 0.3) is 5.91 Å². The summed E-state index contributed by atoms with van der Waals surface area (Å²) in [5, 5.41) is 9.25. The topological polar surface area (TPSA) is 87.3 Å². The summed E-state index contributed by atoms with van der Waals surface area (Å²) in [5.74, 6) is 1.84. The van der Waals surface area contributed by atoms with Crippen LogP contribution in [-0.4, -0.2) is 23.3 Å². The minimum Gasteiger partial charge on any atom is -0.322 e. The number of carbonyl (C=O) groups is 3. The first-order chi connectivity index (χ1) is 16.9. The number of amides is 3. The van der Waals surface area contributed by atoms with Gasteiger partial charge in [-0.15, -0.1) is 0 Å². The Hall–Kier alpha value is -2.99. The molecule has 1 unspecified atom stereocenters. The van der Waals surface area contributed by atoms with Crippen molar-refractivity contribution in [2.24, 2.45) is 17.8 Å². The molecular weight excluding hydrogens is 438 g/mol. The summed E-state index contributed by atoms with van der Waals surface area (Å²) in [6.45, 7) is 0.857. The van der Waals surface area contributed by atoms with Gasteiger partial charge in [0.1, 0.15) is 0 Å². The molecule has 1 aliphatic heterocycles. The van der Waals surface area contributed by atoms with Gasteiger partial charge in [-0.1, -0.05) is 24.3 Å². The number of nitrogens with one attached hydrogen (secondary N) is 3. The Morgan fingerprint density at radius 1 is 0.886 bits per heavy atom. The summed E-state index contributed by atoms with van der Waals surface area (Å²) >= 11 is 0. The van der Waals surface area contributed by atoms with E-state index in [0.717, 1.165) is 29.9 Å². The first-order valence-electron chi connectivity index (χ1n) is 13.0. The Kier molecular flexibility index (Phi) is 5.72. The molecule has 1 atom stereocenters. The number of hydrogen-bond acceptors (Lipinski definition) is 4. The zero-order valence-electron chi connectivity index (χ0n) is 20.0. The maximum absolute atomic E-state index is 12.8. The van der Waals surface area contributed by atoms with Crippen LogP contribution in [0.2, 0.25) is 0 Å². The third-order valence-electron chi connectivity index (χ3n) is 8.73. The van der Waals surface area contributed by atoms with E-state index >= 15 is 0 Å². The molecule has 0 radical (unpaired) electrons. The molecule has 4 saturated carbocycles. The van der Waals surface area contributed by atoms with Crippen molar-refractivity contribution in [3.63, 3.8) is 0 Å². The first kappa shape index (κ1) is 22.5. The Labute approximate surface area is 206 Å². The molecule has 1 saturated heterocycles. The molecule has 6 nitrogen and oxygen atoms in total. The highest BCUT2D eigenvalue weighted by atomic mass is 16.2. The van der Waals surface area contributed by atoms with Crippen molar-refractivity contribution in [2.45, 2.75) is 69.4 Å². The van der Waals surface area contributed by atoms with Crippen LogP contribution < -0.4 is 16.0 Å². The van der Waals surface area contributed by atoms with Crippen LogP contribution in [0.3, 0.4) is 0 Å². The Morgan fingerprint density at radius 2 is 1.51 bits per heavy atom. The monoisotopic (exact) mass is 471 g/mol. The number of imide groups is 1. The molecule has 5 fully saturated rings. The quantitative estimate of drug-likeness (QED) is 0.541. The van der Waals surface area contributed by atoms with Gasteiger partial charge in [0.2, 0.25) is 11.8 Å².